The molecular weight excluding hydrogens is 311 g/mol. The summed E-state index contributed by atoms with van der Waals surface area (Å²) in [6, 6.07) is 11.3. The molecule has 1 atom stereocenters. The van der Waals surface area contributed by atoms with Crippen molar-refractivity contribution in [2.75, 3.05) is 18.5 Å². The lowest BCUT2D eigenvalue weighted by Crippen LogP contribution is -2.50. The van der Waals surface area contributed by atoms with Crippen LogP contribution in [0.15, 0.2) is 42.5 Å². The number of likely N-dealkylation sites (N-methyl/N-ethyl adjacent to an activating group) is 1. The van der Waals surface area contributed by atoms with Gasteiger partial charge in [-0.05, 0) is 36.8 Å². The van der Waals surface area contributed by atoms with Gasteiger partial charge in [0, 0.05) is 12.6 Å². The van der Waals surface area contributed by atoms with Crippen molar-refractivity contribution in [3.05, 3.63) is 59.4 Å². The van der Waals surface area contributed by atoms with Crippen LogP contribution in [-0.2, 0) is 4.79 Å². The molecule has 1 heterocycles. The van der Waals surface area contributed by atoms with E-state index in [2.05, 4.69) is 5.32 Å². The van der Waals surface area contributed by atoms with Crippen molar-refractivity contribution < 1.29 is 18.7 Å². The highest BCUT2D eigenvalue weighted by atomic mass is 19.1. The Hall–Kier alpha value is -2.89. The first-order chi connectivity index (χ1) is 11.5. The van der Waals surface area contributed by atoms with Gasteiger partial charge < -0.3 is 15.0 Å². The molecule has 6 heteroatoms. The number of ether oxygens (including phenoxy) is 1. The number of aryl methyl sites for hydroxylation is 1. The summed E-state index contributed by atoms with van der Waals surface area (Å²) in [5, 5.41) is 2.52. The van der Waals surface area contributed by atoms with Gasteiger partial charge in [0.15, 0.2) is 6.10 Å². The van der Waals surface area contributed by atoms with Gasteiger partial charge in [-0.25, -0.2) is 4.39 Å². The van der Waals surface area contributed by atoms with E-state index in [1.165, 1.54) is 18.0 Å². The van der Waals surface area contributed by atoms with Gasteiger partial charge in [-0.2, -0.15) is 0 Å². The molecule has 2 aromatic carbocycles. The first-order valence-electron chi connectivity index (χ1n) is 7.56. The standard InChI is InChI=1S/C18H17FN2O3/c1-11-7-8-12(9-13(11)19)18(23)21-10-16(17(22)20-2)24-15-6-4-3-5-14(15)21/h3-9,16H,10H2,1-2H3,(H,20,22)/t16-/m0/s1. The van der Waals surface area contributed by atoms with Crippen LogP contribution in [0.5, 0.6) is 5.75 Å². The number of carbonyl (C=O) groups is 2. The summed E-state index contributed by atoms with van der Waals surface area (Å²) in [4.78, 5) is 26.2. The number of benzene rings is 2. The van der Waals surface area contributed by atoms with Crippen LogP contribution in [0.2, 0.25) is 0 Å². The van der Waals surface area contributed by atoms with Crippen molar-refractivity contribution >= 4 is 17.5 Å². The summed E-state index contributed by atoms with van der Waals surface area (Å²) in [6.07, 6.45) is -0.816. The van der Waals surface area contributed by atoms with Gasteiger partial charge in [0.25, 0.3) is 11.8 Å². The molecule has 24 heavy (non-hydrogen) atoms. The average Bonchev–Trinajstić information content (AvgIpc) is 2.61. The van der Waals surface area contributed by atoms with Crippen molar-refractivity contribution in [1.82, 2.24) is 5.32 Å². The van der Waals surface area contributed by atoms with Gasteiger partial charge in [-0.1, -0.05) is 18.2 Å². The quantitative estimate of drug-likeness (QED) is 0.920. The van der Waals surface area contributed by atoms with E-state index in [-0.39, 0.29) is 23.9 Å². The van der Waals surface area contributed by atoms with E-state index in [1.54, 1.807) is 43.3 Å². The normalized spacial score (nSPS) is 16.1. The Morgan fingerprint density at radius 3 is 2.71 bits per heavy atom. The zero-order chi connectivity index (χ0) is 17.3. The van der Waals surface area contributed by atoms with Gasteiger partial charge in [0.2, 0.25) is 0 Å². The van der Waals surface area contributed by atoms with Crippen LogP contribution in [0, 0.1) is 12.7 Å². The molecule has 0 fully saturated rings. The lowest BCUT2D eigenvalue weighted by Gasteiger charge is -2.34. The van der Waals surface area contributed by atoms with E-state index in [9.17, 15) is 14.0 Å². The third kappa shape index (κ3) is 2.82. The minimum Gasteiger partial charge on any atom is -0.477 e. The average molecular weight is 328 g/mol. The summed E-state index contributed by atoms with van der Waals surface area (Å²) < 4.78 is 19.5. The number of anilines is 1. The minimum absolute atomic E-state index is 0.0605. The molecular formula is C18H17FN2O3. The van der Waals surface area contributed by atoms with Gasteiger partial charge in [0.1, 0.15) is 11.6 Å². The van der Waals surface area contributed by atoms with E-state index in [4.69, 9.17) is 4.74 Å². The number of hydrogen-bond donors (Lipinski definition) is 1. The molecule has 0 aliphatic carbocycles. The fraction of sp³-hybridized carbons (Fsp3) is 0.222. The summed E-state index contributed by atoms with van der Waals surface area (Å²) in [7, 11) is 1.51. The topological polar surface area (TPSA) is 58.6 Å². The number of fused-ring (bicyclic) bond motifs is 1. The molecule has 1 aliphatic heterocycles. The fourth-order valence-electron chi connectivity index (χ4n) is 2.61. The molecule has 0 bridgehead atoms. The van der Waals surface area contributed by atoms with Crippen LogP contribution in [0.3, 0.4) is 0 Å². The number of rotatable bonds is 2. The second-order valence-electron chi connectivity index (χ2n) is 5.57. The third-order valence-corrected chi connectivity index (χ3v) is 3.98. The Labute approximate surface area is 139 Å². The molecule has 5 nitrogen and oxygen atoms in total. The summed E-state index contributed by atoms with van der Waals surface area (Å²) >= 11 is 0. The molecule has 124 valence electrons. The summed E-state index contributed by atoms with van der Waals surface area (Å²) in [6.45, 7) is 1.69. The molecule has 1 N–H and O–H groups in total. The largest absolute Gasteiger partial charge is 0.477 e. The highest BCUT2D eigenvalue weighted by Gasteiger charge is 2.33. The van der Waals surface area contributed by atoms with Gasteiger partial charge in [0.05, 0.1) is 12.2 Å². The Kier molecular flexibility index (Phi) is 4.20. The fourth-order valence-corrected chi connectivity index (χ4v) is 2.61. The second kappa shape index (κ2) is 6.31. The van der Waals surface area contributed by atoms with Crippen molar-refractivity contribution in [3.63, 3.8) is 0 Å². The Morgan fingerprint density at radius 2 is 2.00 bits per heavy atom. The molecule has 0 radical (unpaired) electrons. The Bertz CT molecular complexity index is 807. The summed E-state index contributed by atoms with van der Waals surface area (Å²) in [5.74, 6) is -0.695. The molecule has 0 aromatic heterocycles. The lowest BCUT2D eigenvalue weighted by molar-refractivity contribution is -0.127. The number of amides is 2. The molecule has 3 rings (SSSR count). The van der Waals surface area contributed by atoms with Crippen molar-refractivity contribution in [2.24, 2.45) is 0 Å². The van der Waals surface area contributed by atoms with E-state index in [0.29, 0.717) is 17.0 Å². The van der Waals surface area contributed by atoms with E-state index < -0.39 is 11.9 Å². The SMILES string of the molecule is CNC(=O)[C@@H]1CN(C(=O)c2ccc(C)c(F)c2)c2ccccc2O1. The monoisotopic (exact) mass is 328 g/mol. The maximum Gasteiger partial charge on any atom is 0.262 e. The molecule has 0 unspecified atom stereocenters. The van der Waals surface area contributed by atoms with Crippen LogP contribution >= 0.6 is 0 Å². The Balaban J connectivity index is 1.99. The third-order valence-electron chi connectivity index (χ3n) is 3.98. The molecule has 2 aromatic rings. The highest BCUT2D eigenvalue weighted by Crippen LogP contribution is 2.34. The zero-order valence-corrected chi connectivity index (χ0v) is 13.4. The molecule has 0 saturated carbocycles. The lowest BCUT2D eigenvalue weighted by atomic mass is 10.1. The van der Waals surface area contributed by atoms with Gasteiger partial charge in [-0.3, -0.25) is 9.59 Å². The number of nitrogens with one attached hydrogen (secondary N) is 1. The smallest absolute Gasteiger partial charge is 0.262 e. The van der Waals surface area contributed by atoms with Crippen molar-refractivity contribution in [3.8, 4) is 5.75 Å². The van der Waals surface area contributed by atoms with Crippen LogP contribution < -0.4 is 15.0 Å². The zero-order valence-electron chi connectivity index (χ0n) is 13.4. The number of para-hydroxylation sites is 2. The van der Waals surface area contributed by atoms with E-state index in [0.717, 1.165) is 0 Å². The second-order valence-corrected chi connectivity index (χ2v) is 5.57. The molecule has 0 spiro atoms. The van der Waals surface area contributed by atoms with Crippen LogP contribution in [-0.4, -0.2) is 31.5 Å². The van der Waals surface area contributed by atoms with Crippen LogP contribution in [0.1, 0.15) is 15.9 Å². The summed E-state index contributed by atoms with van der Waals surface area (Å²) in [5.41, 5.74) is 1.26. The van der Waals surface area contributed by atoms with Crippen LogP contribution in [0.4, 0.5) is 10.1 Å². The van der Waals surface area contributed by atoms with E-state index >= 15 is 0 Å². The number of halogens is 1. The molecule has 2 amide bonds. The minimum atomic E-state index is -0.816. The predicted molar refractivity (Wildman–Crippen MR) is 87.7 cm³/mol. The first kappa shape index (κ1) is 16.0. The number of hydrogen-bond acceptors (Lipinski definition) is 3. The van der Waals surface area contributed by atoms with Gasteiger partial charge in [-0.15, -0.1) is 0 Å². The first-order valence-corrected chi connectivity index (χ1v) is 7.56. The number of nitrogens with zero attached hydrogens (tertiary/aromatic N) is 1. The van der Waals surface area contributed by atoms with Crippen molar-refractivity contribution in [2.45, 2.75) is 13.0 Å². The maximum atomic E-state index is 13.8. The van der Waals surface area contributed by atoms with Crippen molar-refractivity contribution in [1.29, 1.82) is 0 Å². The molecule has 1 aliphatic rings. The van der Waals surface area contributed by atoms with Crippen LogP contribution in [0.25, 0.3) is 0 Å². The predicted octanol–water partition coefficient (Wildman–Crippen LogP) is 2.29. The maximum absolute atomic E-state index is 13.8. The number of carbonyl (C=O) groups excluding carboxylic acids is 2. The van der Waals surface area contributed by atoms with Gasteiger partial charge >= 0.3 is 0 Å². The van der Waals surface area contributed by atoms with E-state index in [1.807, 2.05) is 0 Å². The Morgan fingerprint density at radius 1 is 1.25 bits per heavy atom. The highest BCUT2D eigenvalue weighted by molar-refractivity contribution is 6.07. The molecule has 0 saturated heterocycles.